The minimum Gasteiger partial charge on any atom is -0.379 e. The SMILES string of the molecule is Cc1ccc(-c2cc(C)c(=O)n(CCN3CCOCC3)n2)cc1. The van der Waals surface area contributed by atoms with Gasteiger partial charge in [-0.05, 0) is 19.9 Å². The maximum absolute atomic E-state index is 12.3. The quantitative estimate of drug-likeness (QED) is 0.864. The van der Waals surface area contributed by atoms with Crippen LogP contribution in [0.1, 0.15) is 11.1 Å². The van der Waals surface area contributed by atoms with E-state index in [9.17, 15) is 4.79 Å². The molecule has 0 N–H and O–H groups in total. The van der Waals surface area contributed by atoms with E-state index in [0.717, 1.165) is 49.7 Å². The molecular weight excluding hydrogens is 290 g/mol. The van der Waals surface area contributed by atoms with E-state index in [4.69, 9.17) is 4.74 Å². The molecule has 0 amide bonds. The van der Waals surface area contributed by atoms with Crippen LogP contribution in [0.25, 0.3) is 11.3 Å². The molecule has 23 heavy (non-hydrogen) atoms. The zero-order chi connectivity index (χ0) is 16.2. The van der Waals surface area contributed by atoms with Gasteiger partial charge in [0.15, 0.2) is 0 Å². The number of rotatable bonds is 4. The summed E-state index contributed by atoms with van der Waals surface area (Å²) in [6, 6.07) is 10.1. The summed E-state index contributed by atoms with van der Waals surface area (Å²) in [7, 11) is 0. The Kier molecular flexibility index (Phi) is 4.88. The third-order valence-electron chi connectivity index (χ3n) is 4.23. The van der Waals surface area contributed by atoms with Crippen molar-refractivity contribution in [3.63, 3.8) is 0 Å². The molecular formula is C18H23N3O2. The normalized spacial score (nSPS) is 15.7. The van der Waals surface area contributed by atoms with Crippen LogP contribution in [0, 0.1) is 13.8 Å². The van der Waals surface area contributed by atoms with Gasteiger partial charge in [0.05, 0.1) is 25.5 Å². The highest BCUT2D eigenvalue weighted by Gasteiger charge is 2.12. The number of hydrogen-bond donors (Lipinski definition) is 0. The number of hydrogen-bond acceptors (Lipinski definition) is 4. The van der Waals surface area contributed by atoms with E-state index in [1.165, 1.54) is 5.56 Å². The van der Waals surface area contributed by atoms with Crippen LogP contribution in [-0.4, -0.2) is 47.5 Å². The molecule has 0 aliphatic carbocycles. The van der Waals surface area contributed by atoms with Crippen LogP contribution in [0.4, 0.5) is 0 Å². The molecule has 3 rings (SSSR count). The van der Waals surface area contributed by atoms with Crippen molar-refractivity contribution in [1.82, 2.24) is 14.7 Å². The second-order valence-corrected chi connectivity index (χ2v) is 6.06. The van der Waals surface area contributed by atoms with E-state index in [1.54, 1.807) is 4.68 Å². The molecule has 5 heteroatoms. The maximum Gasteiger partial charge on any atom is 0.269 e. The van der Waals surface area contributed by atoms with Crippen molar-refractivity contribution >= 4 is 0 Å². The van der Waals surface area contributed by atoms with Gasteiger partial charge in [0.25, 0.3) is 5.56 Å². The molecule has 1 aromatic carbocycles. The molecule has 122 valence electrons. The van der Waals surface area contributed by atoms with Crippen molar-refractivity contribution in [2.45, 2.75) is 20.4 Å². The molecule has 2 heterocycles. The van der Waals surface area contributed by atoms with Crippen LogP contribution in [0.15, 0.2) is 35.1 Å². The van der Waals surface area contributed by atoms with Gasteiger partial charge in [0, 0.05) is 30.8 Å². The molecule has 2 aromatic rings. The maximum atomic E-state index is 12.3. The van der Waals surface area contributed by atoms with Gasteiger partial charge in [0.1, 0.15) is 0 Å². The number of morpholine rings is 1. The fourth-order valence-corrected chi connectivity index (χ4v) is 2.75. The van der Waals surface area contributed by atoms with Gasteiger partial charge in [-0.25, -0.2) is 4.68 Å². The van der Waals surface area contributed by atoms with Gasteiger partial charge in [0.2, 0.25) is 0 Å². The van der Waals surface area contributed by atoms with Gasteiger partial charge in [-0.2, -0.15) is 5.10 Å². The van der Waals surface area contributed by atoms with Crippen LogP contribution in [0.2, 0.25) is 0 Å². The average Bonchev–Trinajstić information content (AvgIpc) is 2.58. The van der Waals surface area contributed by atoms with Gasteiger partial charge in [-0.15, -0.1) is 0 Å². The van der Waals surface area contributed by atoms with E-state index in [0.29, 0.717) is 6.54 Å². The smallest absolute Gasteiger partial charge is 0.269 e. The topological polar surface area (TPSA) is 47.4 Å². The standard InChI is InChI=1S/C18H23N3O2/c1-14-3-5-16(6-4-14)17-13-15(2)18(22)21(19-17)8-7-20-9-11-23-12-10-20/h3-6,13H,7-12H2,1-2H3. The zero-order valence-electron chi connectivity index (χ0n) is 13.8. The average molecular weight is 313 g/mol. The lowest BCUT2D eigenvalue weighted by Crippen LogP contribution is -2.40. The molecule has 0 unspecified atom stereocenters. The summed E-state index contributed by atoms with van der Waals surface area (Å²) in [5.41, 5.74) is 3.83. The Morgan fingerprint density at radius 2 is 1.78 bits per heavy atom. The Labute approximate surface area is 136 Å². The summed E-state index contributed by atoms with van der Waals surface area (Å²) in [5.74, 6) is 0. The third kappa shape index (κ3) is 3.86. The van der Waals surface area contributed by atoms with Crippen molar-refractivity contribution in [3.8, 4) is 11.3 Å². The Bertz CT molecular complexity index is 716. The summed E-state index contributed by atoms with van der Waals surface area (Å²) >= 11 is 0. The Balaban J connectivity index is 1.81. The molecule has 1 aliphatic heterocycles. The van der Waals surface area contributed by atoms with E-state index in [2.05, 4.69) is 29.1 Å². The lowest BCUT2D eigenvalue weighted by molar-refractivity contribution is 0.0358. The first kappa shape index (κ1) is 15.9. The van der Waals surface area contributed by atoms with Crippen LogP contribution < -0.4 is 5.56 Å². The van der Waals surface area contributed by atoms with E-state index in [-0.39, 0.29) is 5.56 Å². The van der Waals surface area contributed by atoms with Gasteiger partial charge in [-0.1, -0.05) is 29.8 Å². The van der Waals surface area contributed by atoms with Crippen LogP contribution >= 0.6 is 0 Å². The van der Waals surface area contributed by atoms with Gasteiger partial charge >= 0.3 is 0 Å². The van der Waals surface area contributed by atoms with E-state index >= 15 is 0 Å². The van der Waals surface area contributed by atoms with Crippen molar-refractivity contribution in [2.24, 2.45) is 0 Å². The molecule has 1 aliphatic rings. The number of nitrogens with zero attached hydrogens (tertiary/aromatic N) is 3. The number of aromatic nitrogens is 2. The van der Waals surface area contributed by atoms with Crippen LogP contribution in [0.3, 0.4) is 0 Å². The number of aryl methyl sites for hydroxylation is 2. The summed E-state index contributed by atoms with van der Waals surface area (Å²) in [6.07, 6.45) is 0. The monoisotopic (exact) mass is 313 g/mol. The summed E-state index contributed by atoms with van der Waals surface area (Å²) in [6.45, 7) is 8.73. The highest BCUT2D eigenvalue weighted by atomic mass is 16.5. The number of ether oxygens (including phenoxy) is 1. The second kappa shape index (κ2) is 7.06. The molecule has 1 aromatic heterocycles. The minimum atomic E-state index is -0.00544. The summed E-state index contributed by atoms with van der Waals surface area (Å²) in [5, 5.41) is 4.56. The second-order valence-electron chi connectivity index (χ2n) is 6.06. The lowest BCUT2D eigenvalue weighted by atomic mass is 10.1. The van der Waals surface area contributed by atoms with Gasteiger partial charge in [-0.3, -0.25) is 9.69 Å². The lowest BCUT2D eigenvalue weighted by Gasteiger charge is -2.26. The molecule has 5 nitrogen and oxygen atoms in total. The predicted octanol–water partition coefficient (Wildman–Crippen LogP) is 1.86. The van der Waals surface area contributed by atoms with Crippen LogP contribution in [-0.2, 0) is 11.3 Å². The molecule has 0 spiro atoms. The Morgan fingerprint density at radius 1 is 1.09 bits per heavy atom. The molecule has 1 fully saturated rings. The van der Waals surface area contributed by atoms with E-state index < -0.39 is 0 Å². The van der Waals surface area contributed by atoms with Gasteiger partial charge < -0.3 is 4.74 Å². The number of benzene rings is 1. The molecule has 0 radical (unpaired) electrons. The van der Waals surface area contributed by atoms with Crippen LogP contribution in [0.5, 0.6) is 0 Å². The fourth-order valence-electron chi connectivity index (χ4n) is 2.75. The zero-order valence-corrected chi connectivity index (χ0v) is 13.8. The molecule has 1 saturated heterocycles. The highest BCUT2D eigenvalue weighted by Crippen LogP contribution is 2.17. The Hall–Kier alpha value is -1.98. The first-order chi connectivity index (χ1) is 11.1. The first-order valence-corrected chi connectivity index (χ1v) is 8.09. The third-order valence-corrected chi connectivity index (χ3v) is 4.23. The first-order valence-electron chi connectivity index (χ1n) is 8.09. The molecule has 0 saturated carbocycles. The van der Waals surface area contributed by atoms with Crippen molar-refractivity contribution in [3.05, 3.63) is 51.8 Å². The van der Waals surface area contributed by atoms with Crippen molar-refractivity contribution < 1.29 is 4.74 Å². The summed E-state index contributed by atoms with van der Waals surface area (Å²) < 4.78 is 6.95. The predicted molar refractivity (Wildman–Crippen MR) is 90.7 cm³/mol. The largest absolute Gasteiger partial charge is 0.379 e. The van der Waals surface area contributed by atoms with Crippen molar-refractivity contribution in [2.75, 3.05) is 32.8 Å². The Morgan fingerprint density at radius 3 is 2.48 bits per heavy atom. The van der Waals surface area contributed by atoms with E-state index in [1.807, 2.05) is 25.1 Å². The summed E-state index contributed by atoms with van der Waals surface area (Å²) in [4.78, 5) is 14.6. The molecule has 0 bridgehead atoms. The molecule has 0 atom stereocenters. The van der Waals surface area contributed by atoms with Crippen molar-refractivity contribution in [1.29, 1.82) is 0 Å². The fraction of sp³-hybridized carbons (Fsp3) is 0.444. The minimum absolute atomic E-state index is 0.00544. The highest BCUT2D eigenvalue weighted by molar-refractivity contribution is 5.59.